The van der Waals surface area contributed by atoms with Gasteiger partial charge in [-0.15, -0.1) is 0 Å². The number of hydrogen-bond acceptors (Lipinski definition) is 4. The third-order valence-corrected chi connectivity index (χ3v) is 3.89. The quantitative estimate of drug-likeness (QED) is 0.638. The van der Waals surface area contributed by atoms with Crippen molar-refractivity contribution in [2.75, 3.05) is 5.32 Å². The van der Waals surface area contributed by atoms with Gasteiger partial charge < -0.3 is 15.4 Å². The molecule has 8 nitrogen and oxygen atoms in total. The fourth-order valence-electron chi connectivity index (χ4n) is 2.58. The van der Waals surface area contributed by atoms with Crippen molar-refractivity contribution >= 4 is 28.6 Å². The Balaban J connectivity index is 1.80. The second kappa shape index (κ2) is 6.76. The molecule has 0 saturated carbocycles. The van der Waals surface area contributed by atoms with Crippen molar-refractivity contribution in [3.63, 3.8) is 0 Å². The maximum absolute atomic E-state index is 12.4. The predicted molar refractivity (Wildman–Crippen MR) is 92.8 cm³/mol. The van der Waals surface area contributed by atoms with Crippen LogP contribution in [0.3, 0.4) is 0 Å². The molecule has 0 aliphatic heterocycles. The number of carboxylic acid groups (broad SMARTS) is 1. The monoisotopic (exact) mass is 341 g/mol. The average Bonchev–Trinajstić information content (AvgIpc) is 3.15. The Morgan fingerprint density at radius 3 is 2.80 bits per heavy atom. The highest BCUT2D eigenvalue weighted by Crippen LogP contribution is 2.19. The largest absolute Gasteiger partial charge is 0.476 e. The number of unbranched alkanes of at least 4 members (excludes halogenated alkanes) is 1. The molecule has 3 N–H and O–H groups in total. The predicted octanol–water partition coefficient (Wildman–Crippen LogP) is 2.59. The Bertz CT molecular complexity index is 941. The summed E-state index contributed by atoms with van der Waals surface area (Å²) in [7, 11) is 1.53. The van der Waals surface area contributed by atoms with Crippen LogP contribution in [0.25, 0.3) is 11.0 Å². The van der Waals surface area contributed by atoms with E-state index in [1.54, 1.807) is 6.07 Å². The molecule has 3 rings (SSSR count). The lowest BCUT2D eigenvalue weighted by Crippen LogP contribution is -2.15. The highest BCUT2D eigenvalue weighted by molar-refractivity contribution is 6.05. The number of amides is 1. The number of aryl methyl sites for hydroxylation is 2. The topological polar surface area (TPSA) is 113 Å². The van der Waals surface area contributed by atoms with Gasteiger partial charge in [-0.1, -0.05) is 13.3 Å². The average molecular weight is 341 g/mol. The summed E-state index contributed by atoms with van der Waals surface area (Å²) >= 11 is 0. The van der Waals surface area contributed by atoms with E-state index in [2.05, 4.69) is 27.3 Å². The summed E-state index contributed by atoms with van der Waals surface area (Å²) in [6.07, 6.45) is 3.05. The SMILES string of the molecule is CCCCc1nc2ccc(NC(=O)c3cc(C(=O)O)nn3C)cc2[nH]1. The molecule has 1 amide bonds. The Morgan fingerprint density at radius 2 is 2.12 bits per heavy atom. The number of hydrogen-bond donors (Lipinski definition) is 3. The van der Waals surface area contributed by atoms with Gasteiger partial charge in [0.25, 0.3) is 5.91 Å². The molecule has 2 aromatic heterocycles. The minimum atomic E-state index is -1.17. The van der Waals surface area contributed by atoms with Crippen molar-refractivity contribution in [1.29, 1.82) is 0 Å². The molecule has 1 aromatic carbocycles. The molecule has 0 atom stereocenters. The number of imidazole rings is 1. The van der Waals surface area contributed by atoms with Gasteiger partial charge in [-0.25, -0.2) is 9.78 Å². The van der Waals surface area contributed by atoms with Crippen molar-refractivity contribution < 1.29 is 14.7 Å². The number of fused-ring (bicyclic) bond motifs is 1. The van der Waals surface area contributed by atoms with Crippen LogP contribution in [-0.2, 0) is 13.5 Å². The molecule has 8 heteroatoms. The van der Waals surface area contributed by atoms with Crippen LogP contribution < -0.4 is 5.32 Å². The number of carbonyl (C=O) groups excluding carboxylic acids is 1. The molecule has 2 heterocycles. The zero-order valence-electron chi connectivity index (χ0n) is 14.0. The number of aromatic nitrogens is 4. The Labute approximate surface area is 143 Å². The van der Waals surface area contributed by atoms with Gasteiger partial charge in [-0.05, 0) is 24.6 Å². The second-order valence-corrected chi connectivity index (χ2v) is 5.82. The maximum Gasteiger partial charge on any atom is 0.356 e. The first-order valence-corrected chi connectivity index (χ1v) is 8.05. The van der Waals surface area contributed by atoms with E-state index in [0.717, 1.165) is 36.1 Å². The van der Waals surface area contributed by atoms with E-state index in [1.807, 2.05) is 12.1 Å². The van der Waals surface area contributed by atoms with Gasteiger partial charge in [0.1, 0.15) is 11.5 Å². The van der Waals surface area contributed by atoms with Crippen LogP contribution in [0, 0.1) is 0 Å². The maximum atomic E-state index is 12.4. The van der Waals surface area contributed by atoms with E-state index in [4.69, 9.17) is 5.11 Å². The van der Waals surface area contributed by atoms with Crippen LogP contribution in [0.4, 0.5) is 5.69 Å². The van der Waals surface area contributed by atoms with Gasteiger partial charge >= 0.3 is 5.97 Å². The molecule has 0 spiro atoms. The van der Waals surface area contributed by atoms with Gasteiger partial charge in [0.05, 0.1) is 11.0 Å². The fraction of sp³-hybridized carbons (Fsp3) is 0.294. The number of anilines is 1. The molecule has 0 saturated heterocycles. The molecular formula is C17H19N5O3. The highest BCUT2D eigenvalue weighted by atomic mass is 16.4. The summed E-state index contributed by atoms with van der Waals surface area (Å²) in [5.74, 6) is -0.668. The summed E-state index contributed by atoms with van der Waals surface area (Å²) in [5.41, 5.74) is 2.29. The zero-order chi connectivity index (χ0) is 18.0. The van der Waals surface area contributed by atoms with Crippen LogP contribution in [0.15, 0.2) is 24.3 Å². The fourth-order valence-corrected chi connectivity index (χ4v) is 2.58. The Hall–Kier alpha value is -3.16. The number of H-pyrrole nitrogens is 1. The van der Waals surface area contributed by atoms with Crippen LogP contribution in [0.2, 0.25) is 0 Å². The van der Waals surface area contributed by atoms with Crippen LogP contribution in [-0.4, -0.2) is 36.7 Å². The van der Waals surface area contributed by atoms with Crippen molar-refractivity contribution in [3.8, 4) is 0 Å². The number of aromatic carboxylic acids is 1. The molecule has 0 radical (unpaired) electrons. The number of carboxylic acids is 1. The minimum absolute atomic E-state index is 0.169. The van der Waals surface area contributed by atoms with E-state index < -0.39 is 11.9 Å². The first kappa shape index (κ1) is 16.7. The lowest BCUT2D eigenvalue weighted by atomic mass is 10.2. The van der Waals surface area contributed by atoms with Gasteiger partial charge in [0, 0.05) is 25.2 Å². The van der Waals surface area contributed by atoms with E-state index in [1.165, 1.54) is 17.8 Å². The van der Waals surface area contributed by atoms with Crippen LogP contribution >= 0.6 is 0 Å². The smallest absolute Gasteiger partial charge is 0.356 e. The molecule has 0 bridgehead atoms. The summed E-state index contributed by atoms with van der Waals surface area (Å²) in [6.45, 7) is 2.13. The summed E-state index contributed by atoms with van der Waals surface area (Å²) < 4.78 is 1.25. The third-order valence-electron chi connectivity index (χ3n) is 3.89. The summed E-state index contributed by atoms with van der Waals surface area (Å²) in [6, 6.07) is 6.65. The zero-order valence-corrected chi connectivity index (χ0v) is 14.0. The molecule has 3 aromatic rings. The third kappa shape index (κ3) is 3.52. The molecule has 0 aliphatic rings. The number of aromatic amines is 1. The van der Waals surface area contributed by atoms with Gasteiger partial charge in [0.2, 0.25) is 0 Å². The van der Waals surface area contributed by atoms with Crippen molar-refractivity contribution in [3.05, 3.63) is 41.5 Å². The molecule has 25 heavy (non-hydrogen) atoms. The van der Waals surface area contributed by atoms with E-state index in [9.17, 15) is 9.59 Å². The van der Waals surface area contributed by atoms with Crippen molar-refractivity contribution in [2.24, 2.45) is 7.05 Å². The molecule has 0 unspecified atom stereocenters. The van der Waals surface area contributed by atoms with Crippen molar-refractivity contribution in [2.45, 2.75) is 26.2 Å². The number of nitrogens with one attached hydrogen (secondary N) is 2. The lowest BCUT2D eigenvalue weighted by molar-refractivity contribution is 0.0689. The van der Waals surface area contributed by atoms with E-state index in [-0.39, 0.29) is 11.4 Å². The number of benzene rings is 1. The summed E-state index contributed by atoms with van der Waals surface area (Å²) in [5, 5.41) is 15.5. The second-order valence-electron chi connectivity index (χ2n) is 5.82. The van der Waals surface area contributed by atoms with Crippen LogP contribution in [0.1, 0.15) is 46.6 Å². The Morgan fingerprint density at radius 1 is 1.32 bits per heavy atom. The molecule has 0 fully saturated rings. The molecule has 0 aliphatic carbocycles. The van der Waals surface area contributed by atoms with E-state index in [0.29, 0.717) is 5.69 Å². The summed E-state index contributed by atoms with van der Waals surface area (Å²) in [4.78, 5) is 31.1. The first-order chi connectivity index (χ1) is 12.0. The molecular weight excluding hydrogens is 322 g/mol. The number of nitrogens with zero attached hydrogens (tertiary/aromatic N) is 3. The van der Waals surface area contributed by atoms with Gasteiger partial charge in [-0.2, -0.15) is 5.10 Å². The number of carbonyl (C=O) groups is 2. The van der Waals surface area contributed by atoms with Crippen molar-refractivity contribution in [1.82, 2.24) is 19.7 Å². The van der Waals surface area contributed by atoms with Gasteiger partial charge in [0.15, 0.2) is 5.69 Å². The highest BCUT2D eigenvalue weighted by Gasteiger charge is 2.17. The van der Waals surface area contributed by atoms with Gasteiger partial charge in [-0.3, -0.25) is 9.48 Å². The Kier molecular flexibility index (Phi) is 4.51. The van der Waals surface area contributed by atoms with Crippen LogP contribution in [0.5, 0.6) is 0 Å². The first-order valence-electron chi connectivity index (χ1n) is 8.05. The van der Waals surface area contributed by atoms with E-state index >= 15 is 0 Å². The number of rotatable bonds is 6. The normalized spacial score (nSPS) is 11.0. The minimum Gasteiger partial charge on any atom is -0.476 e. The molecule has 130 valence electrons. The lowest BCUT2D eigenvalue weighted by Gasteiger charge is -2.05. The standard InChI is InChI=1S/C17H19N5O3/c1-3-4-5-15-19-11-7-6-10(8-12(11)20-15)18-16(23)14-9-13(17(24)25)21-22(14)2/h6-9H,3-5H2,1-2H3,(H,18,23)(H,19,20)(H,24,25).